The van der Waals surface area contributed by atoms with Crippen LogP contribution in [0, 0.1) is 5.92 Å². The Kier molecular flexibility index (Phi) is 15.5. The molecule has 5 amide bonds. The Morgan fingerprint density at radius 3 is 2.25 bits per heavy atom. The highest BCUT2D eigenvalue weighted by Gasteiger charge is 2.30. The van der Waals surface area contributed by atoms with E-state index in [4.69, 9.17) is 9.47 Å². The highest BCUT2D eigenvalue weighted by Crippen LogP contribution is 2.19. The molecule has 3 atom stereocenters. The zero-order valence-electron chi connectivity index (χ0n) is 30.2. The fourth-order valence-electron chi connectivity index (χ4n) is 5.85. The van der Waals surface area contributed by atoms with Crippen LogP contribution in [0.4, 0.5) is 0 Å². The Morgan fingerprint density at radius 2 is 1.52 bits per heavy atom. The number of methoxy groups -OCH3 is 1. The monoisotopic (exact) mass is 713 g/mol. The lowest BCUT2D eigenvalue weighted by atomic mass is 10.0. The molecule has 0 fully saturated rings. The molecule has 0 saturated carbocycles. The summed E-state index contributed by atoms with van der Waals surface area (Å²) in [6.45, 7) is 4.79. The van der Waals surface area contributed by atoms with Gasteiger partial charge in [-0.15, -0.1) is 0 Å². The number of nitrogens with one attached hydrogen (secondary N) is 5. The second-order valence-corrected chi connectivity index (χ2v) is 13.3. The van der Waals surface area contributed by atoms with E-state index < -0.39 is 48.2 Å². The second-order valence-electron chi connectivity index (χ2n) is 13.3. The first-order valence-corrected chi connectivity index (χ1v) is 18.0. The smallest absolute Gasteiger partial charge is 0.255 e. The van der Waals surface area contributed by atoms with Crippen LogP contribution in [0.5, 0.6) is 11.5 Å². The van der Waals surface area contributed by atoms with Crippen LogP contribution >= 0.6 is 0 Å². The minimum Gasteiger partial charge on any atom is -0.497 e. The van der Waals surface area contributed by atoms with Gasteiger partial charge in [-0.2, -0.15) is 0 Å². The molecule has 0 aliphatic carbocycles. The van der Waals surface area contributed by atoms with E-state index in [9.17, 15) is 24.0 Å². The van der Waals surface area contributed by atoms with Gasteiger partial charge < -0.3 is 36.1 Å². The Labute approximate surface area is 305 Å². The predicted molar refractivity (Wildman–Crippen MR) is 198 cm³/mol. The molecule has 4 rings (SSSR count). The number of fused-ring (bicyclic) bond motifs is 1. The van der Waals surface area contributed by atoms with Crippen LogP contribution < -0.4 is 36.1 Å². The molecule has 278 valence electrons. The second kappa shape index (κ2) is 20.5. The molecule has 1 aliphatic rings. The SMILES string of the molecule is COc1ccc(CNC(=O)[C@@H]2CC(=O)N[C@@H](CC(C)C)C(=O)N[C@@H](Cc3ccccc3)C(=O)NCCCCCCOc3ccccc3C(=O)N2)cc1. The minimum absolute atomic E-state index is 0.00623. The molecular weight excluding hydrogens is 662 g/mol. The van der Waals surface area contributed by atoms with E-state index >= 15 is 0 Å². The zero-order chi connectivity index (χ0) is 37.3. The first-order valence-electron chi connectivity index (χ1n) is 18.0. The maximum Gasteiger partial charge on any atom is 0.255 e. The van der Waals surface area contributed by atoms with Gasteiger partial charge in [-0.3, -0.25) is 24.0 Å². The number of ether oxygens (including phenoxy) is 2. The van der Waals surface area contributed by atoms with Crippen molar-refractivity contribution >= 4 is 29.5 Å². The average molecular weight is 714 g/mol. The summed E-state index contributed by atoms with van der Waals surface area (Å²) >= 11 is 0. The molecule has 12 heteroatoms. The van der Waals surface area contributed by atoms with Crippen LogP contribution in [-0.4, -0.2) is 67.9 Å². The third kappa shape index (κ3) is 12.7. The molecule has 1 heterocycles. The van der Waals surface area contributed by atoms with Gasteiger partial charge >= 0.3 is 0 Å². The van der Waals surface area contributed by atoms with Crippen molar-refractivity contribution < 1.29 is 33.4 Å². The van der Waals surface area contributed by atoms with Crippen molar-refractivity contribution in [1.29, 1.82) is 0 Å². The summed E-state index contributed by atoms with van der Waals surface area (Å²) in [6.07, 6.45) is 3.25. The average Bonchev–Trinajstić information content (AvgIpc) is 3.14. The standard InChI is InChI=1S/C40H51N5O7/c1-27(2)23-32-40(50)45-33(24-28-13-7-6-8-14-28)38(48)41-21-11-4-5-12-22-52-35-16-10-9-15-31(35)37(47)44-34(25-36(46)43-32)39(49)42-26-29-17-19-30(51-3)20-18-29/h6-10,13-20,27,32-34H,4-5,11-12,21-26H2,1-3H3,(H,41,48)(H,42,49)(H,43,46)(H,44,47)(H,45,50)/t32-,33-,34-/m0/s1. The van der Waals surface area contributed by atoms with Crippen LogP contribution in [0.3, 0.4) is 0 Å². The number of para-hydroxylation sites is 1. The zero-order valence-corrected chi connectivity index (χ0v) is 30.2. The number of carbonyl (C=O) groups excluding carboxylic acids is 5. The van der Waals surface area contributed by atoms with Gasteiger partial charge in [0.25, 0.3) is 5.91 Å². The van der Waals surface area contributed by atoms with Gasteiger partial charge in [0.2, 0.25) is 23.6 Å². The summed E-state index contributed by atoms with van der Waals surface area (Å²) in [6, 6.07) is 20.1. The van der Waals surface area contributed by atoms with Crippen LogP contribution in [-0.2, 0) is 32.1 Å². The number of carbonyl (C=O) groups is 5. The van der Waals surface area contributed by atoms with E-state index in [1.54, 1.807) is 55.6 Å². The third-order valence-corrected chi connectivity index (χ3v) is 8.67. The molecular formula is C40H51N5O7. The highest BCUT2D eigenvalue weighted by molar-refractivity contribution is 6.01. The first-order chi connectivity index (χ1) is 25.1. The van der Waals surface area contributed by atoms with Crippen LogP contribution in [0.2, 0.25) is 0 Å². The van der Waals surface area contributed by atoms with Gasteiger partial charge in [0.15, 0.2) is 0 Å². The van der Waals surface area contributed by atoms with Crippen molar-refractivity contribution in [2.75, 3.05) is 20.3 Å². The number of hydrogen-bond donors (Lipinski definition) is 5. The van der Waals surface area contributed by atoms with E-state index in [1.165, 1.54) is 0 Å². The normalized spacial score (nSPS) is 19.7. The van der Waals surface area contributed by atoms with Crippen molar-refractivity contribution in [2.45, 2.75) is 83.5 Å². The summed E-state index contributed by atoms with van der Waals surface area (Å²) < 4.78 is 11.2. The summed E-state index contributed by atoms with van der Waals surface area (Å²) in [5.74, 6) is -1.58. The minimum atomic E-state index is -1.28. The van der Waals surface area contributed by atoms with Crippen molar-refractivity contribution in [2.24, 2.45) is 5.92 Å². The van der Waals surface area contributed by atoms with Gasteiger partial charge in [0.1, 0.15) is 29.6 Å². The fraction of sp³-hybridized carbons (Fsp3) is 0.425. The molecule has 5 N–H and O–H groups in total. The van der Waals surface area contributed by atoms with Gasteiger partial charge in [0.05, 0.1) is 25.7 Å². The number of benzene rings is 3. The quantitative estimate of drug-likeness (QED) is 0.237. The van der Waals surface area contributed by atoms with Gasteiger partial charge in [-0.25, -0.2) is 0 Å². The Balaban J connectivity index is 1.59. The molecule has 12 nitrogen and oxygen atoms in total. The predicted octanol–water partition coefficient (Wildman–Crippen LogP) is 3.83. The number of amides is 5. The van der Waals surface area contributed by atoms with E-state index in [0.717, 1.165) is 36.8 Å². The van der Waals surface area contributed by atoms with Gasteiger partial charge in [0, 0.05) is 19.5 Å². The molecule has 0 saturated heterocycles. The summed E-state index contributed by atoms with van der Waals surface area (Å²) in [5, 5.41) is 14.2. The Hall–Kier alpha value is -5.39. The summed E-state index contributed by atoms with van der Waals surface area (Å²) in [4.78, 5) is 68.1. The van der Waals surface area contributed by atoms with Gasteiger partial charge in [-0.05, 0) is 60.6 Å². The largest absolute Gasteiger partial charge is 0.497 e. The lowest BCUT2D eigenvalue weighted by molar-refractivity contribution is -0.133. The van der Waals surface area contributed by atoms with Crippen molar-refractivity contribution in [3.8, 4) is 11.5 Å². The molecule has 0 radical (unpaired) electrons. The van der Waals surface area contributed by atoms with Crippen LogP contribution in [0.25, 0.3) is 0 Å². The lowest BCUT2D eigenvalue weighted by Gasteiger charge is -2.25. The topological polar surface area (TPSA) is 164 Å². The Morgan fingerprint density at radius 1 is 0.808 bits per heavy atom. The maximum atomic E-state index is 13.8. The molecule has 0 unspecified atom stereocenters. The van der Waals surface area contributed by atoms with Gasteiger partial charge in [-0.1, -0.05) is 81.3 Å². The highest BCUT2D eigenvalue weighted by atomic mass is 16.5. The molecule has 52 heavy (non-hydrogen) atoms. The van der Waals surface area contributed by atoms with E-state index in [-0.39, 0.29) is 36.8 Å². The number of hydrogen-bond acceptors (Lipinski definition) is 7. The molecule has 0 bridgehead atoms. The molecule has 3 aromatic carbocycles. The summed E-state index contributed by atoms with van der Waals surface area (Å²) in [5.41, 5.74) is 1.89. The lowest BCUT2D eigenvalue weighted by Crippen LogP contribution is -2.56. The van der Waals surface area contributed by atoms with E-state index in [2.05, 4.69) is 26.6 Å². The first kappa shape index (κ1) is 39.4. The van der Waals surface area contributed by atoms with Crippen molar-refractivity contribution in [3.63, 3.8) is 0 Å². The van der Waals surface area contributed by atoms with Crippen LogP contribution in [0.1, 0.15) is 73.9 Å². The molecule has 1 aliphatic heterocycles. The molecule has 3 aromatic rings. The molecule has 0 aromatic heterocycles. The van der Waals surface area contributed by atoms with Crippen molar-refractivity contribution in [3.05, 3.63) is 95.6 Å². The number of rotatable bonds is 8. The fourth-order valence-corrected chi connectivity index (χ4v) is 5.85. The van der Waals surface area contributed by atoms with Crippen molar-refractivity contribution in [1.82, 2.24) is 26.6 Å². The van der Waals surface area contributed by atoms with E-state index in [1.807, 2.05) is 44.2 Å². The third-order valence-electron chi connectivity index (χ3n) is 8.67. The van der Waals surface area contributed by atoms with Crippen LogP contribution in [0.15, 0.2) is 78.9 Å². The molecule has 0 spiro atoms. The summed E-state index contributed by atoms with van der Waals surface area (Å²) in [7, 11) is 1.56. The maximum absolute atomic E-state index is 13.8. The van der Waals surface area contributed by atoms with E-state index in [0.29, 0.717) is 24.7 Å². The Bertz CT molecular complexity index is 1630.